The van der Waals surface area contributed by atoms with E-state index in [4.69, 9.17) is 21.7 Å². The minimum atomic E-state index is -0.213. The first-order valence-corrected chi connectivity index (χ1v) is 10.8. The number of hydrogen-bond donors (Lipinski definition) is 2. The Morgan fingerprint density at radius 1 is 1.10 bits per heavy atom. The molecule has 1 heterocycles. The highest BCUT2D eigenvalue weighted by Gasteiger charge is 2.14. The van der Waals surface area contributed by atoms with Crippen molar-refractivity contribution in [3.8, 4) is 22.9 Å². The third kappa shape index (κ3) is 5.95. The van der Waals surface area contributed by atoms with Gasteiger partial charge in [-0.1, -0.05) is 37.6 Å². The van der Waals surface area contributed by atoms with E-state index in [0.29, 0.717) is 41.0 Å². The highest BCUT2D eigenvalue weighted by atomic mass is 32.1. The average Bonchev–Trinajstić information content (AvgIpc) is 3.11. The Balaban J connectivity index is 1.77. The number of amides is 1. The second-order valence-corrected chi connectivity index (χ2v) is 7.60. The number of nitrogens with one attached hydrogen (secondary N) is 2. The van der Waals surface area contributed by atoms with Crippen LogP contribution in [0.5, 0.6) is 11.5 Å². The number of aryl methyl sites for hydroxylation is 1. The quantitative estimate of drug-likeness (QED) is 0.427. The number of carbonyl (C=O) groups is 1. The SMILES string of the molecule is CCCOc1ccc(NC(=O)Cn2c(-c3cccc(C)c3)n[nH]c2=S)cc1OCCC. The van der Waals surface area contributed by atoms with E-state index in [0.717, 1.165) is 24.0 Å². The van der Waals surface area contributed by atoms with Crippen LogP contribution in [-0.2, 0) is 11.3 Å². The molecule has 0 fully saturated rings. The number of aromatic amines is 1. The minimum absolute atomic E-state index is 0.0395. The molecule has 0 aliphatic heterocycles. The summed E-state index contributed by atoms with van der Waals surface area (Å²) >= 11 is 5.34. The van der Waals surface area contributed by atoms with Gasteiger partial charge in [-0.15, -0.1) is 0 Å². The Morgan fingerprint density at radius 3 is 2.55 bits per heavy atom. The molecule has 0 saturated heterocycles. The van der Waals surface area contributed by atoms with Gasteiger partial charge in [0, 0.05) is 17.3 Å². The number of nitrogens with zero attached hydrogens (tertiary/aromatic N) is 2. The summed E-state index contributed by atoms with van der Waals surface area (Å²) in [6, 6.07) is 13.3. The molecule has 164 valence electrons. The lowest BCUT2D eigenvalue weighted by Gasteiger charge is -2.14. The van der Waals surface area contributed by atoms with Crippen molar-refractivity contribution in [2.75, 3.05) is 18.5 Å². The Labute approximate surface area is 187 Å². The maximum absolute atomic E-state index is 12.8. The molecule has 7 nitrogen and oxygen atoms in total. The fourth-order valence-corrected chi connectivity index (χ4v) is 3.25. The van der Waals surface area contributed by atoms with Crippen LogP contribution in [0.4, 0.5) is 5.69 Å². The van der Waals surface area contributed by atoms with Gasteiger partial charge in [0.1, 0.15) is 6.54 Å². The number of aromatic nitrogens is 3. The van der Waals surface area contributed by atoms with Crippen LogP contribution < -0.4 is 14.8 Å². The van der Waals surface area contributed by atoms with Gasteiger partial charge < -0.3 is 14.8 Å². The van der Waals surface area contributed by atoms with Gasteiger partial charge >= 0.3 is 0 Å². The lowest BCUT2D eigenvalue weighted by Crippen LogP contribution is -2.19. The first-order valence-electron chi connectivity index (χ1n) is 10.4. The number of rotatable bonds is 10. The summed E-state index contributed by atoms with van der Waals surface area (Å²) in [6.45, 7) is 7.32. The number of anilines is 1. The van der Waals surface area contributed by atoms with E-state index in [-0.39, 0.29) is 12.5 Å². The monoisotopic (exact) mass is 440 g/mol. The summed E-state index contributed by atoms with van der Waals surface area (Å²) in [5, 5.41) is 10.0. The molecule has 3 rings (SSSR count). The molecule has 0 saturated carbocycles. The predicted molar refractivity (Wildman–Crippen MR) is 124 cm³/mol. The van der Waals surface area contributed by atoms with E-state index >= 15 is 0 Å². The van der Waals surface area contributed by atoms with Crippen molar-refractivity contribution in [1.29, 1.82) is 0 Å². The molecule has 1 amide bonds. The van der Waals surface area contributed by atoms with Gasteiger partial charge in [-0.3, -0.25) is 14.5 Å². The molecule has 31 heavy (non-hydrogen) atoms. The highest BCUT2D eigenvalue weighted by molar-refractivity contribution is 7.71. The molecule has 2 aromatic carbocycles. The number of H-pyrrole nitrogens is 1. The fraction of sp³-hybridized carbons (Fsp3) is 0.348. The zero-order valence-corrected chi connectivity index (χ0v) is 18.9. The van der Waals surface area contributed by atoms with Gasteiger partial charge in [0.05, 0.1) is 13.2 Å². The van der Waals surface area contributed by atoms with E-state index < -0.39 is 0 Å². The van der Waals surface area contributed by atoms with Gasteiger partial charge in [-0.05, 0) is 50.2 Å². The van der Waals surface area contributed by atoms with Gasteiger partial charge in [0.15, 0.2) is 22.1 Å². The molecule has 8 heteroatoms. The number of carbonyl (C=O) groups excluding carboxylic acids is 1. The first kappa shape index (κ1) is 22.6. The van der Waals surface area contributed by atoms with E-state index in [9.17, 15) is 4.79 Å². The van der Waals surface area contributed by atoms with Crippen LogP contribution in [0, 0.1) is 11.7 Å². The fourth-order valence-electron chi connectivity index (χ4n) is 3.05. The number of ether oxygens (including phenoxy) is 2. The molecular formula is C23H28N4O3S. The zero-order valence-electron chi connectivity index (χ0n) is 18.1. The Hall–Kier alpha value is -3.13. The Bertz CT molecular complexity index is 1090. The highest BCUT2D eigenvalue weighted by Crippen LogP contribution is 2.31. The van der Waals surface area contributed by atoms with Crippen molar-refractivity contribution < 1.29 is 14.3 Å². The third-order valence-electron chi connectivity index (χ3n) is 4.49. The maximum Gasteiger partial charge on any atom is 0.244 e. The second-order valence-electron chi connectivity index (χ2n) is 7.21. The summed E-state index contributed by atoms with van der Waals surface area (Å²) in [4.78, 5) is 12.8. The molecule has 0 bridgehead atoms. The summed E-state index contributed by atoms with van der Waals surface area (Å²) in [5.41, 5.74) is 2.63. The average molecular weight is 441 g/mol. The maximum atomic E-state index is 12.8. The third-order valence-corrected chi connectivity index (χ3v) is 4.80. The summed E-state index contributed by atoms with van der Waals surface area (Å²) in [6.07, 6.45) is 1.78. The molecule has 0 radical (unpaired) electrons. The van der Waals surface area contributed by atoms with E-state index in [1.807, 2.05) is 51.1 Å². The molecule has 0 atom stereocenters. The van der Waals surface area contributed by atoms with Crippen molar-refractivity contribution in [2.24, 2.45) is 0 Å². The van der Waals surface area contributed by atoms with Crippen LogP contribution >= 0.6 is 12.2 Å². The van der Waals surface area contributed by atoms with Crippen molar-refractivity contribution in [1.82, 2.24) is 14.8 Å². The zero-order chi connectivity index (χ0) is 22.2. The van der Waals surface area contributed by atoms with Crippen molar-refractivity contribution in [2.45, 2.75) is 40.2 Å². The minimum Gasteiger partial charge on any atom is -0.490 e. The van der Waals surface area contributed by atoms with E-state index in [1.165, 1.54) is 0 Å². The van der Waals surface area contributed by atoms with Crippen LogP contribution in [-0.4, -0.2) is 33.9 Å². The van der Waals surface area contributed by atoms with Gasteiger partial charge in [-0.2, -0.15) is 5.10 Å². The van der Waals surface area contributed by atoms with Gasteiger partial charge in [-0.25, -0.2) is 0 Å². The molecule has 1 aromatic heterocycles. The van der Waals surface area contributed by atoms with Crippen LogP contribution in [0.1, 0.15) is 32.3 Å². The first-order chi connectivity index (χ1) is 15.0. The predicted octanol–water partition coefficient (Wildman–Crippen LogP) is 5.13. The van der Waals surface area contributed by atoms with Crippen LogP contribution in [0.3, 0.4) is 0 Å². The molecule has 0 unspecified atom stereocenters. The lowest BCUT2D eigenvalue weighted by molar-refractivity contribution is -0.116. The molecular weight excluding hydrogens is 412 g/mol. The smallest absolute Gasteiger partial charge is 0.244 e. The summed E-state index contributed by atoms with van der Waals surface area (Å²) in [7, 11) is 0. The second kappa shape index (κ2) is 10.8. The van der Waals surface area contributed by atoms with Gasteiger partial charge in [0.25, 0.3) is 0 Å². The lowest BCUT2D eigenvalue weighted by atomic mass is 10.1. The standard InChI is InChI=1S/C23H28N4O3S/c1-4-11-29-19-10-9-18(14-20(19)30-12-5-2)24-21(28)15-27-22(25-26-23(27)31)17-8-6-7-16(3)13-17/h6-10,13-14H,4-5,11-12,15H2,1-3H3,(H,24,28)(H,26,31). The van der Waals surface area contributed by atoms with Gasteiger partial charge in [0.2, 0.25) is 5.91 Å². The number of benzene rings is 2. The molecule has 0 aliphatic rings. The number of hydrogen-bond acceptors (Lipinski definition) is 5. The van der Waals surface area contributed by atoms with Crippen molar-refractivity contribution in [3.63, 3.8) is 0 Å². The normalized spacial score (nSPS) is 10.7. The van der Waals surface area contributed by atoms with Crippen LogP contribution in [0.2, 0.25) is 0 Å². The Kier molecular flexibility index (Phi) is 7.83. The van der Waals surface area contributed by atoms with E-state index in [2.05, 4.69) is 15.5 Å². The largest absolute Gasteiger partial charge is 0.490 e. The van der Waals surface area contributed by atoms with Crippen LogP contribution in [0.25, 0.3) is 11.4 Å². The van der Waals surface area contributed by atoms with Crippen LogP contribution in [0.15, 0.2) is 42.5 Å². The molecule has 0 spiro atoms. The summed E-state index contributed by atoms with van der Waals surface area (Å²) < 4.78 is 13.6. The summed E-state index contributed by atoms with van der Waals surface area (Å²) in [5.74, 6) is 1.70. The molecule has 3 aromatic rings. The Morgan fingerprint density at radius 2 is 1.84 bits per heavy atom. The van der Waals surface area contributed by atoms with Crippen molar-refractivity contribution >= 4 is 23.8 Å². The topological polar surface area (TPSA) is 81.2 Å². The van der Waals surface area contributed by atoms with E-state index in [1.54, 1.807) is 16.7 Å². The van der Waals surface area contributed by atoms with Crippen molar-refractivity contribution in [3.05, 3.63) is 52.8 Å². The molecule has 2 N–H and O–H groups in total. The molecule has 0 aliphatic carbocycles.